The minimum absolute atomic E-state index is 0.128. The maximum Gasteiger partial charge on any atom is 0.243 e. The fourth-order valence-corrected chi connectivity index (χ4v) is 6.95. The molecule has 1 aromatic heterocycles. The summed E-state index contributed by atoms with van der Waals surface area (Å²) in [5.41, 5.74) is 3.29. The van der Waals surface area contributed by atoms with Crippen LogP contribution in [-0.4, -0.2) is 64.0 Å². The third-order valence-electron chi connectivity index (χ3n) is 6.53. The van der Waals surface area contributed by atoms with Crippen LogP contribution in [0.2, 0.25) is 0 Å². The molecular weight excluding hydrogens is 496 g/mol. The second-order valence-corrected chi connectivity index (χ2v) is 11.7. The second kappa shape index (κ2) is 11.6. The van der Waals surface area contributed by atoms with Gasteiger partial charge in [0.15, 0.2) is 0 Å². The van der Waals surface area contributed by atoms with Crippen molar-refractivity contribution in [2.24, 2.45) is 0 Å². The Hall–Kier alpha value is -2.72. The first-order valence-electron chi connectivity index (χ1n) is 11.9. The highest BCUT2D eigenvalue weighted by Crippen LogP contribution is 2.39. The van der Waals surface area contributed by atoms with E-state index in [1.54, 1.807) is 30.6 Å². The van der Waals surface area contributed by atoms with Gasteiger partial charge in [-0.2, -0.15) is 4.31 Å². The third-order valence-corrected chi connectivity index (χ3v) is 9.39. The Morgan fingerprint density at radius 3 is 2.53 bits per heavy atom. The van der Waals surface area contributed by atoms with Gasteiger partial charge in [0.05, 0.1) is 24.6 Å². The SMILES string of the molecule is COCCCN(CC(=O)N1CCc2sccc2C1c1ccccc1C)S(=O)(=O)c1ccc(OC)cc1. The average molecular weight is 529 g/mol. The second-order valence-electron chi connectivity index (χ2n) is 8.76. The van der Waals surface area contributed by atoms with Gasteiger partial charge in [-0.05, 0) is 72.2 Å². The van der Waals surface area contributed by atoms with E-state index < -0.39 is 10.0 Å². The van der Waals surface area contributed by atoms with Crippen LogP contribution in [0.4, 0.5) is 0 Å². The van der Waals surface area contributed by atoms with Crippen molar-refractivity contribution in [1.29, 1.82) is 0 Å². The predicted molar refractivity (Wildman–Crippen MR) is 141 cm³/mol. The van der Waals surface area contributed by atoms with E-state index in [1.807, 2.05) is 30.0 Å². The van der Waals surface area contributed by atoms with Crippen LogP contribution in [0.25, 0.3) is 0 Å². The van der Waals surface area contributed by atoms with Gasteiger partial charge < -0.3 is 14.4 Å². The van der Waals surface area contributed by atoms with Gasteiger partial charge in [-0.3, -0.25) is 4.79 Å². The number of hydrogen-bond acceptors (Lipinski definition) is 6. The number of aryl methyl sites for hydroxylation is 1. The van der Waals surface area contributed by atoms with Gasteiger partial charge in [0.2, 0.25) is 15.9 Å². The van der Waals surface area contributed by atoms with Gasteiger partial charge >= 0.3 is 0 Å². The molecule has 2 aromatic carbocycles. The molecule has 192 valence electrons. The van der Waals surface area contributed by atoms with Gasteiger partial charge in [-0.1, -0.05) is 24.3 Å². The molecule has 36 heavy (non-hydrogen) atoms. The number of thiophene rings is 1. The molecule has 1 aliphatic rings. The third kappa shape index (κ3) is 5.49. The van der Waals surface area contributed by atoms with Crippen LogP contribution >= 0.6 is 11.3 Å². The minimum atomic E-state index is -3.90. The molecular formula is C27H32N2O5S2. The van der Waals surface area contributed by atoms with Crippen molar-refractivity contribution in [3.63, 3.8) is 0 Å². The van der Waals surface area contributed by atoms with Crippen LogP contribution in [0.15, 0.2) is 64.9 Å². The number of rotatable bonds is 10. The fraction of sp³-hybridized carbons (Fsp3) is 0.370. The Bertz CT molecular complexity index is 1290. The molecule has 3 aromatic rings. The van der Waals surface area contributed by atoms with Crippen molar-refractivity contribution in [1.82, 2.24) is 9.21 Å². The van der Waals surface area contributed by atoms with Crippen molar-refractivity contribution in [3.05, 3.63) is 81.5 Å². The Labute approximate surface area is 217 Å². The number of fused-ring (bicyclic) bond motifs is 1. The molecule has 0 spiro atoms. The smallest absolute Gasteiger partial charge is 0.243 e. The van der Waals surface area contributed by atoms with E-state index in [2.05, 4.69) is 17.5 Å². The first-order valence-corrected chi connectivity index (χ1v) is 14.2. The van der Waals surface area contributed by atoms with E-state index in [0.29, 0.717) is 25.3 Å². The lowest BCUT2D eigenvalue weighted by Gasteiger charge is -2.38. The summed E-state index contributed by atoms with van der Waals surface area (Å²) >= 11 is 1.71. The first-order chi connectivity index (χ1) is 17.4. The van der Waals surface area contributed by atoms with E-state index in [9.17, 15) is 13.2 Å². The Morgan fingerprint density at radius 2 is 1.83 bits per heavy atom. The van der Waals surface area contributed by atoms with E-state index in [1.165, 1.54) is 28.4 Å². The number of carbonyl (C=O) groups excluding carboxylic acids is 1. The summed E-state index contributed by atoms with van der Waals surface area (Å²) in [6.45, 7) is 2.93. The largest absolute Gasteiger partial charge is 0.497 e. The van der Waals surface area contributed by atoms with Crippen LogP contribution in [-0.2, 0) is 26.0 Å². The lowest BCUT2D eigenvalue weighted by molar-refractivity contribution is -0.133. The fourth-order valence-electron chi connectivity index (χ4n) is 4.62. The number of sulfonamides is 1. The van der Waals surface area contributed by atoms with Gasteiger partial charge in [-0.15, -0.1) is 11.3 Å². The van der Waals surface area contributed by atoms with Gasteiger partial charge in [-0.25, -0.2) is 8.42 Å². The molecule has 4 rings (SSSR count). The van der Waals surface area contributed by atoms with Crippen LogP contribution < -0.4 is 4.74 Å². The summed E-state index contributed by atoms with van der Waals surface area (Å²) in [5, 5.41) is 2.06. The lowest BCUT2D eigenvalue weighted by atomic mass is 9.90. The van der Waals surface area contributed by atoms with E-state index in [4.69, 9.17) is 9.47 Å². The number of hydrogen-bond donors (Lipinski definition) is 0. The Morgan fingerprint density at radius 1 is 1.08 bits per heavy atom. The maximum absolute atomic E-state index is 13.8. The van der Waals surface area contributed by atoms with Crippen molar-refractivity contribution in [2.75, 3.05) is 40.5 Å². The van der Waals surface area contributed by atoms with Gasteiger partial charge in [0, 0.05) is 31.7 Å². The summed E-state index contributed by atoms with van der Waals surface area (Å²) in [6.07, 6.45) is 1.24. The zero-order valence-corrected chi connectivity index (χ0v) is 22.5. The highest BCUT2D eigenvalue weighted by molar-refractivity contribution is 7.89. The predicted octanol–water partition coefficient (Wildman–Crippen LogP) is 4.27. The van der Waals surface area contributed by atoms with Crippen LogP contribution in [0.1, 0.15) is 34.0 Å². The molecule has 0 saturated carbocycles. The molecule has 2 heterocycles. The van der Waals surface area contributed by atoms with E-state index >= 15 is 0 Å². The number of amides is 1. The van der Waals surface area contributed by atoms with Crippen LogP contribution in [0.5, 0.6) is 5.75 Å². The zero-order chi connectivity index (χ0) is 25.7. The Balaban J connectivity index is 1.65. The summed E-state index contributed by atoms with van der Waals surface area (Å²) in [7, 11) is -0.798. The number of nitrogens with zero attached hydrogens (tertiary/aromatic N) is 2. The molecule has 1 atom stereocenters. The molecule has 0 bridgehead atoms. The van der Waals surface area contributed by atoms with Crippen LogP contribution in [0, 0.1) is 6.92 Å². The number of carbonyl (C=O) groups is 1. The molecule has 7 nitrogen and oxygen atoms in total. The minimum Gasteiger partial charge on any atom is -0.497 e. The van der Waals surface area contributed by atoms with Crippen molar-refractivity contribution in [2.45, 2.75) is 30.7 Å². The maximum atomic E-state index is 13.8. The van der Waals surface area contributed by atoms with Crippen LogP contribution in [0.3, 0.4) is 0 Å². The van der Waals surface area contributed by atoms with Gasteiger partial charge in [0.1, 0.15) is 5.75 Å². The first kappa shape index (κ1) is 26.3. The molecule has 9 heteroatoms. The molecule has 0 aliphatic carbocycles. The molecule has 1 aliphatic heterocycles. The summed E-state index contributed by atoms with van der Waals surface area (Å²) < 4.78 is 38.8. The topological polar surface area (TPSA) is 76.2 Å². The standard InChI is InChI=1S/C27H32N2O5S2/c1-20-7-4-5-8-23(20)27-24-14-18-35-25(24)13-16-29(27)26(30)19-28(15-6-17-33-2)36(31,32)22-11-9-21(34-3)10-12-22/h4-5,7-12,14,18,27H,6,13,15-17,19H2,1-3H3. The summed E-state index contributed by atoms with van der Waals surface area (Å²) in [5.74, 6) is 0.353. The van der Waals surface area contributed by atoms with Crippen molar-refractivity contribution < 1.29 is 22.7 Å². The number of methoxy groups -OCH3 is 2. The zero-order valence-electron chi connectivity index (χ0n) is 20.8. The Kier molecular flexibility index (Phi) is 8.46. The molecule has 1 amide bonds. The highest BCUT2D eigenvalue weighted by Gasteiger charge is 2.36. The van der Waals surface area contributed by atoms with Crippen molar-refractivity contribution >= 4 is 27.3 Å². The average Bonchev–Trinajstić information content (AvgIpc) is 3.37. The van der Waals surface area contributed by atoms with E-state index in [0.717, 1.165) is 23.1 Å². The number of benzene rings is 2. The molecule has 1 unspecified atom stereocenters. The van der Waals surface area contributed by atoms with Gasteiger partial charge in [0.25, 0.3) is 0 Å². The summed E-state index contributed by atoms with van der Waals surface area (Å²) in [6, 6.07) is 16.2. The summed E-state index contributed by atoms with van der Waals surface area (Å²) in [4.78, 5) is 17.1. The quantitative estimate of drug-likeness (QED) is 0.368. The normalized spacial score (nSPS) is 15.7. The monoisotopic (exact) mass is 528 g/mol. The van der Waals surface area contributed by atoms with Crippen molar-refractivity contribution in [3.8, 4) is 5.75 Å². The molecule has 0 fully saturated rings. The highest BCUT2D eigenvalue weighted by atomic mass is 32.2. The van der Waals surface area contributed by atoms with E-state index in [-0.39, 0.29) is 29.9 Å². The molecule has 0 radical (unpaired) electrons. The number of ether oxygens (including phenoxy) is 2. The molecule has 0 N–H and O–H groups in total. The lowest BCUT2D eigenvalue weighted by Crippen LogP contribution is -2.47. The molecule has 0 saturated heterocycles.